The first-order valence-corrected chi connectivity index (χ1v) is 7.33. The summed E-state index contributed by atoms with van der Waals surface area (Å²) in [6, 6.07) is 0. The molecule has 3 nitrogen and oxygen atoms in total. The van der Waals surface area contributed by atoms with Gasteiger partial charge in [0.15, 0.2) is 5.15 Å². The van der Waals surface area contributed by atoms with E-state index < -0.39 is 6.23 Å². The summed E-state index contributed by atoms with van der Waals surface area (Å²) < 4.78 is 1.99. The van der Waals surface area contributed by atoms with Crippen LogP contribution in [0.15, 0.2) is 0 Å². The molecule has 0 amide bonds. The van der Waals surface area contributed by atoms with Gasteiger partial charge in [-0.2, -0.15) is 11.8 Å². The summed E-state index contributed by atoms with van der Waals surface area (Å²) in [5.41, 5.74) is 1.03. The smallest absolute Gasteiger partial charge is 0.150 e. The predicted molar refractivity (Wildman–Crippen MR) is 66.1 cm³/mol. The Morgan fingerprint density at radius 3 is 3.06 bits per heavy atom. The van der Waals surface area contributed by atoms with Crippen LogP contribution in [0.4, 0.5) is 0 Å². The monoisotopic (exact) mass is 258 g/mol. The molecule has 2 atom stereocenters. The summed E-state index contributed by atoms with van der Waals surface area (Å²) in [5, 5.41) is 10.7. The van der Waals surface area contributed by atoms with Crippen molar-refractivity contribution in [3.05, 3.63) is 16.7 Å². The zero-order valence-electron chi connectivity index (χ0n) is 9.03. The number of hydrogen-bond donors (Lipinski definition) is 1. The van der Waals surface area contributed by atoms with Crippen LogP contribution in [0, 0.1) is 0 Å². The van der Waals surface area contributed by atoms with Crippen LogP contribution in [0.5, 0.6) is 0 Å². The summed E-state index contributed by atoms with van der Waals surface area (Å²) in [6.45, 7) is 0. The molecule has 1 aromatic rings. The van der Waals surface area contributed by atoms with E-state index in [-0.39, 0.29) is 0 Å². The molecule has 0 bridgehead atoms. The van der Waals surface area contributed by atoms with E-state index in [0.29, 0.717) is 11.1 Å². The van der Waals surface area contributed by atoms with E-state index >= 15 is 0 Å². The predicted octanol–water partition coefficient (Wildman–Crippen LogP) is 2.58. The van der Waals surface area contributed by atoms with E-state index in [1.807, 2.05) is 16.3 Å². The minimum absolute atomic E-state index is 0.413. The van der Waals surface area contributed by atoms with Crippen LogP contribution in [0.3, 0.4) is 0 Å². The highest BCUT2D eigenvalue weighted by atomic mass is 35.5. The molecule has 0 radical (unpaired) electrons. The lowest BCUT2D eigenvalue weighted by Crippen LogP contribution is -2.21. The quantitative estimate of drug-likeness (QED) is 0.842. The molecule has 5 heteroatoms. The lowest BCUT2D eigenvalue weighted by atomic mass is 10.1. The van der Waals surface area contributed by atoms with Crippen LogP contribution >= 0.6 is 23.4 Å². The molecular weight excluding hydrogens is 244 g/mol. The van der Waals surface area contributed by atoms with Crippen LogP contribution in [-0.2, 0) is 6.42 Å². The van der Waals surface area contributed by atoms with Gasteiger partial charge in [0.2, 0.25) is 0 Å². The molecule has 1 aromatic heterocycles. The standard InChI is InChI=1S/C11H15ClN2OS/c12-10-8-2-1-3-9(15)14(8)11(13-10)7-4-5-16-6-7/h7,9,15H,1-6H2. The Morgan fingerprint density at radius 2 is 2.31 bits per heavy atom. The van der Waals surface area contributed by atoms with E-state index in [0.717, 1.165) is 43.0 Å². The maximum absolute atomic E-state index is 10.1. The van der Waals surface area contributed by atoms with Gasteiger partial charge in [-0.25, -0.2) is 4.98 Å². The van der Waals surface area contributed by atoms with E-state index in [2.05, 4.69) is 4.98 Å². The molecule has 16 heavy (non-hydrogen) atoms. The molecule has 3 heterocycles. The normalized spacial score (nSPS) is 29.4. The largest absolute Gasteiger partial charge is 0.373 e. The second-order valence-corrected chi connectivity index (χ2v) is 6.02. The highest BCUT2D eigenvalue weighted by molar-refractivity contribution is 7.99. The van der Waals surface area contributed by atoms with Crippen molar-refractivity contribution in [2.45, 2.75) is 37.8 Å². The molecule has 88 valence electrons. The van der Waals surface area contributed by atoms with E-state index in [4.69, 9.17) is 11.6 Å². The molecule has 2 aliphatic rings. The van der Waals surface area contributed by atoms with Crippen molar-refractivity contribution in [3.63, 3.8) is 0 Å². The first-order chi connectivity index (χ1) is 7.77. The maximum atomic E-state index is 10.1. The molecule has 1 saturated heterocycles. The summed E-state index contributed by atoms with van der Waals surface area (Å²) >= 11 is 8.12. The van der Waals surface area contributed by atoms with Crippen LogP contribution in [0.1, 0.15) is 42.9 Å². The molecule has 2 aliphatic heterocycles. The second-order valence-electron chi connectivity index (χ2n) is 4.51. The number of hydrogen-bond acceptors (Lipinski definition) is 3. The number of halogens is 1. The summed E-state index contributed by atoms with van der Waals surface area (Å²) in [5.74, 6) is 3.79. The number of aliphatic hydroxyl groups is 1. The van der Waals surface area contributed by atoms with Gasteiger partial charge in [0.25, 0.3) is 0 Å². The van der Waals surface area contributed by atoms with Gasteiger partial charge in [0.05, 0.1) is 5.69 Å². The molecule has 1 N–H and O–H groups in total. The number of fused-ring (bicyclic) bond motifs is 1. The zero-order chi connectivity index (χ0) is 11.1. The lowest BCUT2D eigenvalue weighted by molar-refractivity contribution is 0.0749. The number of aromatic nitrogens is 2. The van der Waals surface area contributed by atoms with Crippen LogP contribution in [0.2, 0.25) is 5.15 Å². The lowest BCUT2D eigenvalue weighted by Gasteiger charge is -2.24. The summed E-state index contributed by atoms with van der Waals surface area (Å²) in [4.78, 5) is 4.48. The van der Waals surface area contributed by atoms with Crippen molar-refractivity contribution in [2.24, 2.45) is 0 Å². The molecule has 0 aliphatic carbocycles. The SMILES string of the molecule is OC1CCCc2c(Cl)nc(C3CCSC3)n21. The molecule has 1 fully saturated rings. The third-order valence-corrected chi connectivity index (χ3v) is 4.92. The minimum Gasteiger partial charge on any atom is -0.373 e. The Balaban J connectivity index is 2.04. The van der Waals surface area contributed by atoms with Gasteiger partial charge in [0.1, 0.15) is 12.1 Å². The van der Waals surface area contributed by atoms with Crippen LogP contribution in [0.25, 0.3) is 0 Å². The molecule has 0 saturated carbocycles. The Labute approximate surface area is 104 Å². The molecule has 0 spiro atoms. The van der Waals surface area contributed by atoms with Crippen molar-refractivity contribution in [2.75, 3.05) is 11.5 Å². The maximum Gasteiger partial charge on any atom is 0.150 e. The first-order valence-electron chi connectivity index (χ1n) is 5.79. The number of imidazole rings is 1. The first kappa shape index (κ1) is 10.9. The fourth-order valence-electron chi connectivity index (χ4n) is 2.62. The highest BCUT2D eigenvalue weighted by Gasteiger charge is 2.30. The molecular formula is C11H15ClN2OS. The van der Waals surface area contributed by atoms with Crippen molar-refractivity contribution in [3.8, 4) is 0 Å². The Kier molecular flexibility index (Phi) is 2.90. The van der Waals surface area contributed by atoms with Gasteiger partial charge in [-0.15, -0.1) is 0 Å². The van der Waals surface area contributed by atoms with E-state index in [1.165, 1.54) is 5.75 Å². The van der Waals surface area contributed by atoms with Gasteiger partial charge in [-0.3, -0.25) is 0 Å². The van der Waals surface area contributed by atoms with Crippen molar-refractivity contribution in [1.29, 1.82) is 0 Å². The average molecular weight is 259 g/mol. The Bertz CT molecular complexity index is 401. The topological polar surface area (TPSA) is 38.1 Å². The van der Waals surface area contributed by atoms with Gasteiger partial charge in [-0.05, 0) is 31.4 Å². The minimum atomic E-state index is -0.413. The second kappa shape index (κ2) is 4.24. The Morgan fingerprint density at radius 1 is 1.44 bits per heavy atom. The van der Waals surface area contributed by atoms with E-state index in [1.54, 1.807) is 0 Å². The van der Waals surface area contributed by atoms with E-state index in [9.17, 15) is 5.11 Å². The average Bonchev–Trinajstić information content (AvgIpc) is 2.87. The van der Waals surface area contributed by atoms with Crippen molar-refractivity contribution < 1.29 is 5.11 Å². The van der Waals surface area contributed by atoms with Gasteiger partial charge in [-0.1, -0.05) is 11.6 Å². The summed E-state index contributed by atoms with van der Waals surface area (Å²) in [6.07, 6.45) is 3.52. The number of rotatable bonds is 1. The third kappa shape index (κ3) is 1.67. The summed E-state index contributed by atoms with van der Waals surface area (Å²) in [7, 11) is 0. The Hall–Kier alpha value is -0.190. The molecule has 0 aromatic carbocycles. The van der Waals surface area contributed by atoms with Crippen molar-refractivity contribution >= 4 is 23.4 Å². The molecule has 3 rings (SSSR count). The van der Waals surface area contributed by atoms with Crippen molar-refractivity contribution in [1.82, 2.24) is 9.55 Å². The van der Waals surface area contributed by atoms with Crippen LogP contribution in [-0.4, -0.2) is 26.2 Å². The highest BCUT2D eigenvalue weighted by Crippen LogP contribution is 2.37. The van der Waals surface area contributed by atoms with Gasteiger partial charge < -0.3 is 9.67 Å². The fourth-order valence-corrected chi connectivity index (χ4v) is 4.11. The third-order valence-electron chi connectivity index (χ3n) is 3.46. The number of thioether (sulfide) groups is 1. The van der Waals surface area contributed by atoms with Crippen LogP contribution < -0.4 is 0 Å². The number of nitrogens with zero attached hydrogens (tertiary/aromatic N) is 2. The number of aliphatic hydroxyl groups excluding tert-OH is 1. The zero-order valence-corrected chi connectivity index (χ0v) is 10.6. The van der Waals surface area contributed by atoms with Gasteiger partial charge >= 0.3 is 0 Å². The van der Waals surface area contributed by atoms with Gasteiger partial charge in [0, 0.05) is 11.7 Å². The molecule has 2 unspecified atom stereocenters. The fraction of sp³-hybridized carbons (Fsp3) is 0.727.